The fraction of sp³-hybridized carbons (Fsp3) is 0.429. The largest absolute Gasteiger partial charge is 0 e. The van der Waals surface area contributed by atoms with Gasteiger partial charge in [0, 0.05) is 31.8 Å². The van der Waals surface area contributed by atoms with Gasteiger partial charge in [0.05, 0.1) is 5.60 Å². The number of fused-ring (bicyclic) bond motifs is 5. The van der Waals surface area contributed by atoms with Crippen LogP contribution >= 0.6 is 0 Å². The predicted molar refractivity (Wildman–Crippen MR) is 119 cm³/mol. The topological polar surface area (TPSA) is 100 Å². The Kier molecular flexibility index (Phi) is 12.3. The van der Waals surface area contributed by atoms with Gasteiger partial charge in [0.1, 0.15) is 5.75 Å². The van der Waals surface area contributed by atoms with Gasteiger partial charge in [0.15, 0.2) is 0 Å². The number of benzene rings is 1. The third-order valence-electron chi connectivity index (χ3n) is 8.17. The zero-order valence-corrected chi connectivity index (χ0v) is 21.9. The van der Waals surface area contributed by atoms with E-state index in [1.54, 1.807) is 0 Å². The maximum Gasteiger partial charge on any atom is 0 e. The van der Waals surface area contributed by atoms with Crippen molar-refractivity contribution in [2.24, 2.45) is 17.3 Å². The maximum absolute atomic E-state index is 11.6. The molecule has 3 saturated carbocycles. The summed E-state index contributed by atoms with van der Waals surface area (Å²) in [5.41, 5.74) is 2.05. The second-order valence-corrected chi connectivity index (χ2v) is 9.27. The van der Waals surface area contributed by atoms with Crippen LogP contribution in [-0.4, -0.2) is 15.8 Å². The van der Waals surface area contributed by atoms with Crippen LogP contribution in [0.1, 0.15) is 56.1 Å². The van der Waals surface area contributed by atoms with Crippen molar-refractivity contribution < 1.29 is 44.6 Å². The first kappa shape index (κ1) is 30.6. The van der Waals surface area contributed by atoms with Gasteiger partial charge in [0.25, 0.3) is 0 Å². The Balaban J connectivity index is 0.000000769. The van der Waals surface area contributed by atoms with Gasteiger partial charge in [-0.15, -0.1) is 0 Å². The number of hydrogen-bond acceptors (Lipinski definition) is 2. The fourth-order valence-electron chi connectivity index (χ4n) is 6.63. The van der Waals surface area contributed by atoms with Gasteiger partial charge in [-0.3, -0.25) is 0 Å². The summed E-state index contributed by atoms with van der Waals surface area (Å²) in [6.07, 6.45) is 18.9. The summed E-state index contributed by atoms with van der Waals surface area (Å²) in [4.78, 5) is 0. The average Bonchev–Trinajstić information content (AvgIpc) is 3.48. The molecule has 0 spiro atoms. The van der Waals surface area contributed by atoms with E-state index in [-0.39, 0.29) is 25.8 Å². The van der Waals surface area contributed by atoms with Crippen LogP contribution in [0.5, 0.6) is 5.75 Å². The molecule has 1 aromatic carbocycles. The average molecular weight is 632 g/mol. The monoisotopic (exact) mass is 632 g/mol. The molecule has 4 aliphatic rings. The molecule has 6 radical (unpaired) electrons. The van der Waals surface area contributed by atoms with Crippen molar-refractivity contribution in [3.63, 3.8) is 0 Å². The third kappa shape index (κ3) is 5.70. The standard InChI is InChI=1S/C25H29O2.3CO.Re/c1-24-13-11-21-20-9-7-19(26)16-18(20)6-8-22(21)23(24)12-15-25(24,27)14-10-17-4-2-3-5-17;3*1-2;/h2-5,7,9-10,14,16,21-23,26-27H,6,8,11-13,15H2,1H3;;;;/b14-10+;;;;/t21-,22-,23+,24+,25+;;;;/m1..../s1. The first-order valence-electron chi connectivity index (χ1n) is 11.1. The molecule has 178 valence electrons. The molecule has 0 aliphatic heterocycles. The zero-order valence-electron chi connectivity index (χ0n) is 19.2. The number of hydrogen-bond donors (Lipinski definition) is 2. The fourth-order valence-corrected chi connectivity index (χ4v) is 6.63. The van der Waals surface area contributed by atoms with Crippen molar-refractivity contribution in [3.05, 3.63) is 93.0 Å². The van der Waals surface area contributed by atoms with Crippen molar-refractivity contribution >= 4 is 0 Å². The minimum atomic E-state index is -0.699. The molecule has 0 heterocycles. The molecule has 5 nitrogen and oxygen atoms in total. The Morgan fingerprint density at radius 1 is 0.971 bits per heavy atom. The van der Waals surface area contributed by atoms with E-state index in [1.165, 1.54) is 23.5 Å². The summed E-state index contributed by atoms with van der Waals surface area (Å²) in [6, 6.07) is 5.97. The van der Waals surface area contributed by atoms with E-state index in [2.05, 4.69) is 57.9 Å². The van der Waals surface area contributed by atoms with Crippen molar-refractivity contribution in [1.82, 2.24) is 0 Å². The van der Waals surface area contributed by atoms with Crippen LogP contribution in [0, 0.1) is 68.8 Å². The van der Waals surface area contributed by atoms with E-state index in [4.69, 9.17) is 14.0 Å². The summed E-state index contributed by atoms with van der Waals surface area (Å²) in [5.74, 6) is 3.39. The zero-order chi connectivity index (χ0) is 24.6. The van der Waals surface area contributed by atoms with E-state index in [0.29, 0.717) is 23.5 Å². The SMILES string of the molecule is C[C@]12CC[C@@H]3c4ccc(O)cc4CC[C@H]3[C@@H]1CC[C@@]2(O)/C=C/[C]1[CH][CH][CH][CH]1.[C-]#[O+].[C-]#[O+].[C-]#[O+].[Re]. The van der Waals surface area contributed by atoms with Crippen LogP contribution in [-0.2, 0) is 40.8 Å². The van der Waals surface area contributed by atoms with Crippen molar-refractivity contribution in [2.75, 3.05) is 0 Å². The quantitative estimate of drug-likeness (QED) is 0.361. The number of aromatic hydroxyl groups is 1. The molecule has 5 rings (SSSR count). The molecule has 4 aliphatic carbocycles. The number of aliphatic hydroxyl groups is 1. The van der Waals surface area contributed by atoms with Crippen LogP contribution in [0.4, 0.5) is 0 Å². The maximum atomic E-state index is 11.6. The second-order valence-electron chi connectivity index (χ2n) is 9.27. The van der Waals surface area contributed by atoms with E-state index < -0.39 is 5.60 Å². The Hall–Kier alpha value is -1.40. The molecule has 2 N–H and O–H groups in total. The minimum Gasteiger partial charge on any atom is 0 e. The molecule has 3 fully saturated rings. The van der Waals surface area contributed by atoms with Crippen LogP contribution in [0.25, 0.3) is 0 Å². The Morgan fingerprint density at radius 2 is 1.62 bits per heavy atom. The van der Waals surface area contributed by atoms with Gasteiger partial charge in [-0.25, -0.2) is 0 Å². The minimum absolute atomic E-state index is 0. The molecule has 0 aromatic heterocycles. The van der Waals surface area contributed by atoms with Gasteiger partial charge in [0.2, 0.25) is 0 Å². The molecule has 0 saturated heterocycles. The normalized spacial score (nSPS) is 33.1. The van der Waals surface area contributed by atoms with Gasteiger partial charge in [-0.05, 0) is 105 Å². The molecule has 6 heteroatoms. The first-order valence-corrected chi connectivity index (χ1v) is 11.1. The number of rotatable bonds is 2. The molecule has 0 amide bonds. The molecular formula is C28H29O5Re. The van der Waals surface area contributed by atoms with Crippen LogP contribution in [0.15, 0.2) is 30.4 Å². The summed E-state index contributed by atoms with van der Waals surface area (Å²) in [5, 5.41) is 21.5. The number of phenols is 1. The van der Waals surface area contributed by atoms with Crippen LogP contribution in [0.2, 0.25) is 0 Å². The first-order chi connectivity index (χ1) is 16.0. The molecule has 0 unspecified atom stereocenters. The Morgan fingerprint density at radius 3 is 2.26 bits per heavy atom. The Bertz CT molecular complexity index is 870. The number of allylic oxidation sites excluding steroid dienone is 1. The summed E-state index contributed by atoms with van der Waals surface area (Å²) in [6.45, 7) is 15.8. The van der Waals surface area contributed by atoms with Gasteiger partial charge >= 0.3 is 33.9 Å². The van der Waals surface area contributed by atoms with E-state index in [1.807, 2.05) is 25.0 Å². The predicted octanol–water partition coefficient (Wildman–Crippen LogP) is 4.83. The molecule has 5 atom stereocenters. The summed E-state index contributed by atoms with van der Waals surface area (Å²) in [7, 11) is 0. The van der Waals surface area contributed by atoms with Crippen molar-refractivity contribution in [3.8, 4) is 5.75 Å². The smallest absolute Gasteiger partial charge is 0 e. The van der Waals surface area contributed by atoms with Crippen molar-refractivity contribution in [1.29, 1.82) is 0 Å². The molecule has 1 aromatic rings. The summed E-state index contributed by atoms with van der Waals surface area (Å²) >= 11 is 0. The summed E-state index contributed by atoms with van der Waals surface area (Å²) < 4.78 is 22.5. The second kappa shape index (κ2) is 13.6. The molecular weight excluding hydrogens is 603 g/mol. The van der Waals surface area contributed by atoms with E-state index in [0.717, 1.165) is 32.1 Å². The van der Waals surface area contributed by atoms with Gasteiger partial charge in [-0.1, -0.05) is 25.1 Å². The molecule has 34 heavy (non-hydrogen) atoms. The Labute approximate surface area is 217 Å². The van der Waals surface area contributed by atoms with Gasteiger partial charge < -0.3 is 10.2 Å². The number of phenolic OH excluding ortho intramolecular Hbond substituents is 1. The van der Waals surface area contributed by atoms with E-state index >= 15 is 0 Å². The number of aryl methyl sites for hydroxylation is 1. The van der Waals surface area contributed by atoms with Crippen LogP contribution in [0.3, 0.4) is 0 Å². The van der Waals surface area contributed by atoms with Crippen LogP contribution < -0.4 is 0 Å². The molecule has 0 bridgehead atoms. The van der Waals surface area contributed by atoms with E-state index in [9.17, 15) is 10.2 Å². The van der Waals surface area contributed by atoms with Crippen molar-refractivity contribution in [2.45, 2.75) is 57.0 Å². The van der Waals surface area contributed by atoms with Gasteiger partial charge in [-0.2, -0.15) is 0 Å². The third-order valence-corrected chi connectivity index (χ3v) is 8.17.